The first-order valence-electron chi connectivity index (χ1n) is 6.93. The van der Waals surface area contributed by atoms with Gasteiger partial charge in [-0.15, -0.1) is 0 Å². The van der Waals surface area contributed by atoms with Crippen molar-refractivity contribution in [2.45, 2.75) is 53.0 Å². The Labute approximate surface area is 116 Å². The van der Waals surface area contributed by atoms with Crippen LogP contribution >= 0.6 is 0 Å². The summed E-state index contributed by atoms with van der Waals surface area (Å²) in [4.78, 5) is 23.2. The number of unbranched alkanes of at least 4 members (excludes halogenated alkanes) is 1. The number of carbonyl (C=O) groups excluding carboxylic acids is 2. The summed E-state index contributed by atoms with van der Waals surface area (Å²) in [5.74, 6) is 0.310. The SMILES string of the molecule is CCCCOC(=O)NC(CC(C)C(C)C)C(=O)OC. The van der Waals surface area contributed by atoms with Crippen molar-refractivity contribution in [3.8, 4) is 0 Å². The van der Waals surface area contributed by atoms with E-state index in [-0.39, 0.29) is 0 Å². The van der Waals surface area contributed by atoms with E-state index >= 15 is 0 Å². The number of hydrogen-bond acceptors (Lipinski definition) is 4. The van der Waals surface area contributed by atoms with E-state index in [1.54, 1.807) is 0 Å². The zero-order valence-electron chi connectivity index (χ0n) is 12.7. The number of amides is 1. The monoisotopic (exact) mass is 273 g/mol. The van der Waals surface area contributed by atoms with Crippen molar-refractivity contribution in [1.82, 2.24) is 5.32 Å². The van der Waals surface area contributed by atoms with E-state index in [1.165, 1.54) is 7.11 Å². The summed E-state index contributed by atoms with van der Waals surface area (Å²) < 4.78 is 9.70. The predicted octanol–water partition coefficient (Wildman–Crippen LogP) is 2.74. The average molecular weight is 273 g/mol. The van der Waals surface area contributed by atoms with Gasteiger partial charge >= 0.3 is 12.1 Å². The van der Waals surface area contributed by atoms with Crippen LogP contribution in [0.5, 0.6) is 0 Å². The first-order chi connectivity index (χ1) is 8.92. The van der Waals surface area contributed by atoms with E-state index in [4.69, 9.17) is 9.47 Å². The molecule has 1 amide bonds. The highest BCUT2D eigenvalue weighted by atomic mass is 16.6. The third-order valence-electron chi connectivity index (χ3n) is 3.25. The molecule has 2 atom stereocenters. The molecule has 19 heavy (non-hydrogen) atoms. The van der Waals surface area contributed by atoms with Gasteiger partial charge in [-0.3, -0.25) is 0 Å². The van der Waals surface area contributed by atoms with Crippen molar-refractivity contribution >= 4 is 12.1 Å². The van der Waals surface area contributed by atoms with Gasteiger partial charge in [0.2, 0.25) is 0 Å². The van der Waals surface area contributed by atoms with Crippen molar-refractivity contribution < 1.29 is 19.1 Å². The van der Waals surface area contributed by atoms with Crippen molar-refractivity contribution in [2.24, 2.45) is 11.8 Å². The molecule has 0 aliphatic heterocycles. The summed E-state index contributed by atoms with van der Waals surface area (Å²) >= 11 is 0. The van der Waals surface area contributed by atoms with Crippen molar-refractivity contribution in [3.05, 3.63) is 0 Å². The Morgan fingerprint density at radius 1 is 1.21 bits per heavy atom. The minimum atomic E-state index is -0.642. The minimum absolute atomic E-state index is 0.306. The molecule has 0 rings (SSSR count). The van der Waals surface area contributed by atoms with Crippen LogP contribution in [0.1, 0.15) is 47.0 Å². The highest BCUT2D eigenvalue weighted by Crippen LogP contribution is 2.16. The van der Waals surface area contributed by atoms with Gasteiger partial charge in [-0.05, 0) is 24.7 Å². The van der Waals surface area contributed by atoms with Gasteiger partial charge in [0.15, 0.2) is 0 Å². The Bertz CT molecular complexity index is 279. The lowest BCUT2D eigenvalue weighted by atomic mass is 9.91. The smallest absolute Gasteiger partial charge is 0.407 e. The molecule has 0 aliphatic rings. The lowest BCUT2D eigenvalue weighted by Crippen LogP contribution is -2.43. The molecule has 0 aliphatic carbocycles. The molecule has 1 N–H and O–H groups in total. The maximum atomic E-state index is 11.6. The molecule has 0 bridgehead atoms. The number of nitrogens with one attached hydrogen (secondary N) is 1. The number of hydrogen-bond donors (Lipinski definition) is 1. The first kappa shape index (κ1) is 17.7. The molecule has 0 saturated carbocycles. The van der Waals surface area contributed by atoms with Crippen LogP contribution in [0.2, 0.25) is 0 Å². The van der Waals surface area contributed by atoms with Gasteiger partial charge in [-0.25, -0.2) is 9.59 Å². The third-order valence-corrected chi connectivity index (χ3v) is 3.25. The van der Waals surface area contributed by atoms with E-state index in [0.717, 1.165) is 12.8 Å². The van der Waals surface area contributed by atoms with Gasteiger partial charge in [0, 0.05) is 0 Å². The van der Waals surface area contributed by atoms with Gasteiger partial charge in [0.25, 0.3) is 0 Å². The summed E-state index contributed by atoms with van der Waals surface area (Å²) in [7, 11) is 1.32. The van der Waals surface area contributed by atoms with E-state index in [2.05, 4.69) is 19.2 Å². The standard InChI is InChI=1S/C14H27NO4/c1-6-7-8-19-14(17)15-12(13(16)18-5)9-11(4)10(2)3/h10-12H,6-9H2,1-5H3,(H,15,17). The first-order valence-corrected chi connectivity index (χ1v) is 6.93. The van der Waals surface area contributed by atoms with Crippen molar-refractivity contribution in [2.75, 3.05) is 13.7 Å². The largest absolute Gasteiger partial charge is 0.467 e. The summed E-state index contributed by atoms with van der Waals surface area (Å²) in [6.45, 7) is 8.60. The zero-order valence-corrected chi connectivity index (χ0v) is 12.7. The Morgan fingerprint density at radius 3 is 2.32 bits per heavy atom. The summed E-state index contributed by atoms with van der Waals surface area (Å²) in [6, 6.07) is -0.642. The molecule has 0 aromatic heterocycles. The highest BCUT2D eigenvalue weighted by molar-refractivity contribution is 5.81. The number of ether oxygens (including phenoxy) is 2. The molecule has 5 nitrogen and oxygen atoms in total. The van der Waals surface area contributed by atoms with Crippen LogP contribution in [0, 0.1) is 11.8 Å². The molecule has 0 spiro atoms. The topological polar surface area (TPSA) is 64.6 Å². The normalized spacial score (nSPS) is 13.8. The third kappa shape index (κ3) is 7.70. The Balaban J connectivity index is 4.35. The molecular weight excluding hydrogens is 246 g/mol. The van der Waals surface area contributed by atoms with E-state index < -0.39 is 18.1 Å². The number of methoxy groups -OCH3 is 1. The molecular formula is C14H27NO4. The lowest BCUT2D eigenvalue weighted by Gasteiger charge is -2.22. The number of carbonyl (C=O) groups is 2. The minimum Gasteiger partial charge on any atom is -0.467 e. The molecule has 0 heterocycles. The fourth-order valence-electron chi connectivity index (χ4n) is 1.49. The second-order valence-corrected chi connectivity index (χ2v) is 5.17. The second kappa shape index (κ2) is 9.64. The van der Waals surface area contributed by atoms with E-state index in [1.807, 2.05) is 13.8 Å². The van der Waals surface area contributed by atoms with Crippen molar-refractivity contribution in [3.63, 3.8) is 0 Å². The quantitative estimate of drug-likeness (QED) is 0.545. The molecule has 0 saturated heterocycles. The molecule has 0 aromatic carbocycles. The second-order valence-electron chi connectivity index (χ2n) is 5.17. The van der Waals surface area contributed by atoms with Gasteiger partial charge < -0.3 is 14.8 Å². The van der Waals surface area contributed by atoms with Crippen LogP contribution in [-0.4, -0.2) is 31.8 Å². The number of rotatable bonds is 8. The number of alkyl carbamates (subject to hydrolysis) is 1. The van der Waals surface area contributed by atoms with Gasteiger partial charge in [0.05, 0.1) is 13.7 Å². The summed E-state index contributed by atoms with van der Waals surface area (Å²) in [5, 5.41) is 2.58. The molecule has 5 heteroatoms. The highest BCUT2D eigenvalue weighted by Gasteiger charge is 2.25. The zero-order chi connectivity index (χ0) is 14.8. The van der Waals surface area contributed by atoms with Crippen LogP contribution < -0.4 is 5.32 Å². The molecule has 2 unspecified atom stereocenters. The maximum Gasteiger partial charge on any atom is 0.407 e. The Morgan fingerprint density at radius 2 is 1.84 bits per heavy atom. The molecule has 112 valence electrons. The van der Waals surface area contributed by atoms with E-state index in [0.29, 0.717) is 24.9 Å². The van der Waals surface area contributed by atoms with Crippen molar-refractivity contribution in [1.29, 1.82) is 0 Å². The van der Waals surface area contributed by atoms with Crippen LogP contribution in [0.4, 0.5) is 4.79 Å². The molecule has 0 radical (unpaired) electrons. The van der Waals surface area contributed by atoms with E-state index in [9.17, 15) is 9.59 Å². The van der Waals surface area contributed by atoms with Crippen LogP contribution in [-0.2, 0) is 14.3 Å². The fraction of sp³-hybridized carbons (Fsp3) is 0.857. The molecule has 0 aromatic rings. The van der Waals surface area contributed by atoms with Crippen LogP contribution in [0.15, 0.2) is 0 Å². The Kier molecular flexibility index (Phi) is 9.00. The fourth-order valence-corrected chi connectivity index (χ4v) is 1.49. The summed E-state index contributed by atoms with van der Waals surface area (Å²) in [6.07, 6.45) is 1.77. The van der Waals surface area contributed by atoms with Crippen LogP contribution in [0.3, 0.4) is 0 Å². The van der Waals surface area contributed by atoms with Gasteiger partial charge in [-0.2, -0.15) is 0 Å². The predicted molar refractivity (Wildman–Crippen MR) is 73.8 cm³/mol. The molecule has 0 fully saturated rings. The van der Waals surface area contributed by atoms with Crippen LogP contribution in [0.25, 0.3) is 0 Å². The lowest BCUT2D eigenvalue weighted by molar-refractivity contribution is -0.143. The maximum absolute atomic E-state index is 11.6. The Hall–Kier alpha value is -1.26. The van der Waals surface area contributed by atoms with Gasteiger partial charge in [-0.1, -0.05) is 34.1 Å². The summed E-state index contributed by atoms with van der Waals surface area (Å²) in [5.41, 5.74) is 0. The average Bonchev–Trinajstić information content (AvgIpc) is 2.37. The van der Waals surface area contributed by atoms with Gasteiger partial charge in [0.1, 0.15) is 6.04 Å². The number of esters is 1.